The van der Waals surface area contributed by atoms with E-state index in [1.54, 1.807) is 11.4 Å². The molecule has 1 saturated carbocycles. The summed E-state index contributed by atoms with van der Waals surface area (Å²) in [4.78, 5) is 0.480. The van der Waals surface area contributed by atoms with Crippen molar-refractivity contribution in [1.82, 2.24) is 4.31 Å². The van der Waals surface area contributed by atoms with Gasteiger partial charge in [0, 0.05) is 13.1 Å². The number of hydrogen-bond acceptors (Lipinski definition) is 2. The molecule has 1 aromatic carbocycles. The van der Waals surface area contributed by atoms with Crippen molar-refractivity contribution in [1.29, 1.82) is 0 Å². The molecule has 0 aliphatic heterocycles. The minimum Gasteiger partial charge on any atom is -0.207 e. The molecule has 106 valence electrons. The zero-order chi connectivity index (χ0) is 14.4. The minimum absolute atomic E-state index is 0.0881. The Morgan fingerprint density at radius 3 is 2.05 bits per heavy atom. The minimum atomic E-state index is -3.39. The van der Waals surface area contributed by atoms with Crippen LogP contribution in [-0.4, -0.2) is 25.8 Å². The van der Waals surface area contributed by atoms with E-state index in [0.29, 0.717) is 10.8 Å². The SMILES string of the molecule is Cc1cc(C)c(S(=O)(=O)N(C)[C@H](C)C2CC2)c(C)c1. The largest absolute Gasteiger partial charge is 0.243 e. The first-order valence-electron chi connectivity index (χ1n) is 6.81. The van der Waals surface area contributed by atoms with Crippen LogP contribution in [0.2, 0.25) is 0 Å². The normalized spacial score (nSPS) is 17.8. The Morgan fingerprint density at radius 1 is 1.16 bits per heavy atom. The van der Waals surface area contributed by atoms with Crippen LogP contribution < -0.4 is 0 Å². The van der Waals surface area contributed by atoms with Gasteiger partial charge in [-0.15, -0.1) is 0 Å². The summed E-state index contributed by atoms with van der Waals surface area (Å²) in [6.07, 6.45) is 2.29. The fourth-order valence-electron chi connectivity index (χ4n) is 2.81. The topological polar surface area (TPSA) is 37.4 Å². The van der Waals surface area contributed by atoms with Crippen LogP contribution in [0.15, 0.2) is 17.0 Å². The second-order valence-electron chi connectivity index (χ2n) is 5.83. The second kappa shape index (κ2) is 4.91. The number of benzene rings is 1. The van der Waals surface area contributed by atoms with Crippen LogP contribution >= 0.6 is 0 Å². The van der Waals surface area contributed by atoms with Crippen molar-refractivity contribution in [2.24, 2.45) is 5.92 Å². The summed E-state index contributed by atoms with van der Waals surface area (Å²) in [5, 5.41) is 0. The number of sulfonamides is 1. The highest BCUT2D eigenvalue weighted by Gasteiger charge is 2.36. The molecule has 4 heteroatoms. The molecule has 2 rings (SSSR count). The van der Waals surface area contributed by atoms with Gasteiger partial charge in [0.15, 0.2) is 0 Å². The van der Waals surface area contributed by atoms with E-state index in [0.717, 1.165) is 29.5 Å². The molecule has 0 aromatic heterocycles. The van der Waals surface area contributed by atoms with Gasteiger partial charge in [-0.25, -0.2) is 8.42 Å². The summed E-state index contributed by atoms with van der Waals surface area (Å²) in [6.45, 7) is 7.76. The molecule has 1 atom stereocenters. The third kappa shape index (κ3) is 2.70. The lowest BCUT2D eigenvalue weighted by atomic mass is 10.1. The first-order valence-corrected chi connectivity index (χ1v) is 8.25. The lowest BCUT2D eigenvalue weighted by Gasteiger charge is -2.26. The highest BCUT2D eigenvalue weighted by atomic mass is 32.2. The third-order valence-corrected chi connectivity index (χ3v) is 6.37. The van der Waals surface area contributed by atoms with Crippen molar-refractivity contribution < 1.29 is 8.42 Å². The Kier molecular flexibility index (Phi) is 3.76. The molecule has 0 N–H and O–H groups in total. The maximum Gasteiger partial charge on any atom is 0.243 e. The average Bonchev–Trinajstić information content (AvgIpc) is 3.08. The van der Waals surface area contributed by atoms with Crippen LogP contribution in [0.3, 0.4) is 0 Å². The predicted molar refractivity (Wildman–Crippen MR) is 77.8 cm³/mol. The zero-order valence-electron chi connectivity index (χ0n) is 12.4. The Morgan fingerprint density at radius 2 is 1.63 bits per heavy atom. The van der Waals surface area contributed by atoms with Gasteiger partial charge in [-0.3, -0.25) is 0 Å². The van der Waals surface area contributed by atoms with Crippen LogP contribution in [0.4, 0.5) is 0 Å². The van der Waals surface area contributed by atoms with Crippen molar-refractivity contribution in [3.63, 3.8) is 0 Å². The molecule has 1 fully saturated rings. The number of rotatable bonds is 4. The molecular weight excluding hydrogens is 258 g/mol. The first-order chi connectivity index (χ1) is 8.75. The molecule has 0 heterocycles. The molecule has 0 radical (unpaired) electrons. The Bertz CT molecular complexity index is 565. The van der Waals surface area contributed by atoms with Gasteiger partial charge in [-0.1, -0.05) is 17.7 Å². The summed E-state index contributed by atoms with van der Waals surface area (Å²) in [7, 11) is -1.68. The quantitative estimate of drug-likeness (QED) is 0.850. The Hall–Kier alpha value is -0.870. The van der Waals surface area contributed by atoms with Crippen molar-refractivity contribution >= 4 is 10.0 Å². The fraction of sp³-hybridized carbons (Fsp3) is 0.600. The lowest BCUT2D eigenvalue weighted by molar-refractivity contribution is 0.356. The van der Waals surface area contributed by atoms with Crippen LogP contribution in [0.25, 0.3) is 0 Å². The molecule has 1 aliphatic carbocycles. The van der Waals surface area contributed by atoms with E-state index in [4.69, 9.17) is 0 Å². The summed E-state index contributed by atoms with van der Waals surface area (Å²) in [5.74, 6) is 0.533. The Labute approximate surface area is 116 Å². The van der Waals surface area contributed by atoms with Gasteiger partial charge in [0.2, 0.25) is 10.0 Å². The van der Waals surface area contributed by atoms with Gasteiger partial charge in [0.05, 0.1) is 4.90 Å². The Balaban J connectivity index is 2.44. The highest BCUT2D eigenvalue weighted by Crippen LogP contribution is 2.37. The maximum absolute atomic E-state index is 12.8. The van der Waals surface area contributed by atoms with Crippen molar-refractivity contribution in [2.75, 3.05) is 7.05 Å². The molecule has 19 heavy (non-hydrogen) atoms. The van der Waals surface area contributed by atoms with E-state index in [9.17, 15) is 8.42 Å². The predicted octanol–water partition coefficient (Wildman–Crippen LogP) is 3.03. The zero-order valence-corrected chi connectivity index (χ0v) is 13.2. The molecule has 0 spiro atoms. The van der Waals surface area contributed by atoms with E-state index in [2.05, 4.69) is 0 Å². The van der Waals surface area contributed by atoms with Gasteiger partial charge in [-0.2, -0.15) is 4.31 Å². The smallest absolute Gasteiger partial charge is 0.207 e. The molecule has 1 aromatic rings. The standard InChI is InChI=1S/C15H23NO2S/c1-10-8-11(2)15(12(3)9-10)19(17,18)16(5)13(4)14-6-7-14/h8-9,13-14H,6-7H2,1-5H3/t13-/m1/s1. The number of aryl methyl sites for hydroxylation is 3. The number of nitrogens with zero attached hydrogens (tertiary/aromatic N) is 1. The van der Waals surface area contributed by atoms with Gasteiger partial charge in [0.1, 0.15) is 0 Å². The van der Waals surface area contributed by atoms with E-state index < -0.39 is 10.0 Å². The monoisotopic (exact) mass is 281 g/mol. The molecule has 1 aliphatic rings. The van der Waals surface area contributed by atoms with Crippen LogP contribution in [0.1, 0.15) is 36.5 Å². The molecule has 0 unspecified atom stereocenters. The molecular formula is C15H23NO2S. The van der Waals surface area contributed by atoms with E-state index >= 15 is 0 Å². The van der Waals surface area contributed by atoms with Crippen molar-refractivity contribution in [2.45, 2.75) is 51.5 Å². The summed E-state index contributed by atoms with van der Waals surface area (Å²) in [6, 6.07) is 3.97. The summed E-state index contributed by atoms with van der Waals surface area (Å²) >= 11 is 0. The van der Waals surface area contributed by atoms with Gasteiger partial charge in [-0.05, 0) is 57.6 Å². The fourth-order valence-corrected chi connectivity index (χ4v) is 4.64. The van der Waals surface area contributed by atoms with Gasteiger partial charge < -0.3 is 0 Å². The third-order valence-electron chi connectivity index (χ3n) is 4.12. The first kappa shape index (κ1) is 14.5. The van der Waals surface area contributed by atoms with E-state index in [-0.39, 0.29) is 6.04 Å². The second-order valence-corrected chi connectivity index (χ2v) is 7.76. The number of hydrogen-bond donors (Lipinski definition) is 0. The highest BCUT2D eigenvalue weighted by molar-refractivity contribution is 7.89. The molecule has 0 amide bonds. The average molecular weight is 281 g/mol. The van der Waals surface area contributed by atoms with Gasteiger partial charge >= 0.3 is 0 Å². The van der Waals surface area contributed by atoms with E-state index in [1.165, 1.54) is 0 Å². The lowest BCUT2D eigenvalue weighted by Crippen LogP contribution is -2.37. The van der Waals surface area contributed by atoms with Crippen LogP contribution in [-0.2, 0) is 10.0 Å². The van der Waals surface area contributed by atoms with E-state index in [1.807, 2.05) is 39.8 Å². The van der Waals surface area contributed by atoms with Crippen molar-refractivity contribution in [3.05, 3.63) is 28.8 Å². The molecule has 3 nitrogen and oxygen atoms in total. The maximum atomic E-state index is 12.8. The van der Waals surface area contributed by atoms with Crippen molar-refractivity contribution in [3.8, 4) is 0 Å². The summed E-state index contributed by atoms with van der Waals surface area (Å²) in [5.41, 5.74) is 2.78. The molecule has 0 bridgehead atoms. The van der Waals surface area contributed by atoms with Crippen LogP contribution in [0, 0.1) is 26.7 Å². The van der Waals surface area contributed by atoms with Crippen LogP contribution in [0.5, 0.6) is 0 Å². The van der Waals surface area contributed by atoms with Gasteiger partial charge in [0.25, 0.3) is 0 Å². The summed E-state index contributed by atoms with van der Waals surface area (Å²) < 4.78 is 27.1. The molecule has 0 saturated heterocycles.